The van der Waals surface area contributed by atoms with Crippen LogP contribution in [-0.2, 0) is 20.9 Å². The van der Waals surface area contributed by atoms with Crippen LogP contribution in [0.15, 0.2) is 48.5 Å². The van der Waals surface area contributed by atoms with E-state index in [-0.39, 0.29) is 23.8 Å². The zero-order chi connectivity index (χ0) is 25.4. The molecule has 0 bridgehead atoms. The highest BCUT2D eigenvalue weighted by molar-refractivity contribution is 5.91. The maximum absolute atomic E-state index is 13.9. The van der Waals surface area contributed by atoms with Gasteiger partial charge in [0.25, 0.3) is 0 Å². The standard InChI is InChI=1S/C29H41N3O3/c1-6-26(22-11-8-7-9-12-22)29(34)32(20-25-13-10-16-35-25)19-23-18-24(14-15-27(23)31(4)5)30-28(33)17-21(2)3/h7-9,11-12,14-15,18,21,25-26H,6,10,13,16-17,19-20H2,1-5H3,(H,30,33)/t25-,26-/m0/s1. The molecule has 0 spiro atoms. The lowest BCUT2D eigenvalue weighted by Gasteiger charge is -2.31. The number of carbonyl (C=O) groups excluding carboxylic acids is 2. The third-order valence-corrected chi connectivity index (χ3v) is 6.47. The molecule has 1 aliphatic rings. The average Bonchev–Trinajstić information content (AvgIpc) is 3.32. The Labute approximate surface area is 210 Å². The first-order valence-corrected chi connectivity index (χ1v) is 12.8. The maximum atomic E-state index is 13.9. The molecule has 2 aromatic rings. The fourth-order valence-corrected chi connectivity index (χ4v) is 4.74. The van der Waals surface area contributed by atoms with E-state index in [1.807, 2.05) is 81.4 Å². The van der Waals surface area contributed by atoms with Crippen LogP contribution in [0.4, 0.5) is 11.4 Å². The summed E-state index contributed by atoms with van der Waals surface area (Å²) in [7, 11) is 4.00. The molecular weight excluding hydrogens is 438 g/mol. The van der Waals surface area contributed by atoms with Crippen LogP contribution in [0.3, 0.4) is 0 Å². The number of anilines is 2. The Kier molecular flexibility index (Phi) is 9.73. The summed E-state index contributed by atoms with van der Waals surface area (Å²) in [4.78, 5) is 30.3. The normalized spacial score (nSPS) is 16.2. The quantitative estimate of drug-likeness (QED) is 0.466. The van der Waals surface area contributed by atoms with E-state index in [0.717, 1.165) is 48.4 Å². The fourth-order valence-electron chi connectivity index (χ4n) is 4.74. The lowest BCUT2D eigenvalue weighted by molar-refractivity contribution is -0.135. The van der Waals surface area contributed by atoms with E-state index in [0.29, 0.717) is 25.4 Å². The Hall–Kier alpha value is -2.86. The molecule has 1 aliphatic heterocycles. The molecule has 35 heavy (non-hydrogen) atoms. The minimum atomic E-state index is -0.200. The molecule has 0 radical (unpaired) electrons. The highest BCUT2D eigenvalue weighted by Gasteiger charge is 2.29. The lowest BCUT2D eigenvalue weighted by atomic mass is 9.94. The van der Waals surface area contributed by atoms with Gasteiger partial charge < -0.3 is 19.9 Å². The minimum Gasteiger partial charge on any atom is -0.377 e. The summed E-state index contributed by atoms with van der Waals surface area (Å²) >= 11 is 0. The van der Waals surface area contributed by atoms with Gasteiger partial charge in [0.05, 0.1) is 12.0 Å². The molecule has 1 saturated heterocycles. The van der Waals surface area contributed by atoms with Crippen molar-refractivity contribution < 1.29 is 14.3 Å². The second-order valence-corrected chi connectivity index (χ2v) is 10.1. The number of benzene rings is 2. The molecule has 190 valence electrons. The largest absolute Gasteiger partial charge is 0.377 e. The van der Waals surface area contributed by atoms with Crippen molar-refractivity contribution in [1.82, 2.24) is 4.90 Å². The molecule has 6 heteroatoms. The van der Waals surface area contributed by atoms with Crippen LogP contribution in [0, 0.1) is 5.92 Å². The molecule has 0 aliphatic carbocycles. The number of ether oxygens (including phenoxy) is 1. The minimum absolute atomic E-state index is 0.00552. The number of hydrogen-bond acceptors (Lipinski definition) is 4. The smallest absolute Gasteiger partial charge is 0.230 e. The van der Waals surface area contributed by atoms with Gasteiger partial charge in [-0.05, 0) is 54.5 Å². The summed E-state index contributed by atoms with van der Waals surface area (Å²) in [5.74, 6) is 0.215. The van der Waals surface area contributed by atoms with Crippen molar-refractivity contribution >= 4 is 23.2 Å². The van der Waals surface area contributed by atoms with E-state index in [4.69, 9.17) is 4.74 Å². The van der Waals surface area contributed by atoms with Crippen LogP contribution in [0.25, 0.3) is 0 Å². The second-order valence-electron chi connectivity index (χ2n) is 10.1. The van der Waals surface area contributed by atoms with Crippen LogP contribution in [0.2, 0.25) is 0 Å². The van der Waals surface area contributed by atoms with Gasteiger partial charge in [-0.1, -0.05) is 51.1 Å². The van der Waals surface area contributed by atoms with E-state index in [1.54, 1.807) is 0 Å². The lowest BCUT2D eigenvalue weighted by Crippen LogP contribution is -2.40. The predicted molar refractivity (Wildman–Crippen MR) is 143 cm³/mol. The van der Waals surface area contributed by atoms with Crippen LogP contribution < -0.4 is 10.2 Å². The first-order valence-electron chi connectivity index (χ1n) is 12.8. The van der Waals surface area contributed by atoms with Gasteiger partial charge in [-0.25, -0.2) is 0 Å². The second kappa shape index (κ2) is 12.7. The summed E-state index contributed by atoms with van der Waals surface area (Å²) in [5.41, 5.74) is 3.84. The zero-order valence-electron chi connectivity index (χ0n) is 21.9. The van der Waals surface area contributed by atoms with Gasteiger partial charge in [0.2, 0.25) is 11.8 Å². The molecule has 6 nitrogen and oxygen atoms in total. The molecule has 0 aromatic heterocycles. The first kappa shape index (κ1) is 26.7. The van der Waals surface area contributed by atoms with Crippen molar-refractivity contribution in [1.29, 1.82) is 0 Å². The molecule has 3 rings (SSSR count). The molecule has 0 saturated carbocycles. The number of amides is 2. The average molecular weight is 480 g/mol. The highest BCUT2D eigenvalue weighted by atomic mass is 16.5. The Morgan fingerprint density at radius 1 is 1.11 bits per heavy atom. The summed E-state index contributed by atoms with van der Waals surface area (Å²) in [6, 6.07) is 16.0. The van der Waals surface area contributed by atoms with Gasteiger partial charge in [0.1, 0.15) is 0 Å². The third kappa shape index (κ3) is 7.56. The molecule has 2 amide bonds. The maximum Gasteiger partial charge on any atom is 0.230 e. The van der Waals surface area contributed by atoms with Crippen LogP contribution >= 0.6 is 0 Å². The van der Waals surface area contributed by atoms with E-state index < -0.39 is 0 Å². The number of rotatable bonds is 11. The number of nitrogens with one attached hydrogen (secondary N) is 1. The van der Waals surface area contributed by atoms with Gasteiger partial charge >= 0.3 is 0 Å². The van der Waals surface area contributed by atoms with E-state index in [2.05, 4.69) is 17.1 Å². The number of carbonyl (C=O) groups is 2. The number of nitrogens with zero attached hydrogens (tertiary/aromatic N) is 2. The molecule has 1 heterocycles. The van der Waals surface area contributed by atoms with Gasteiger partial charge in [-0.2, -0.15) is 0 Å². The van der Waals surface area contributed by atoms with Gasteiger partial charge in [0, 0.05) is 51.6 Å². The molecule has 1 fully saturated rings. The Bertz CT molecular complexity index is 968. The molecule has 1 N–H and O–H groups in total. The Morgan fingerprint density at radius 3 is 2.46 bits per heavy atom. The van der Waals surface area contributed by atoms with E-state index >= 15 is 0 Å². The van der Waals surface area contributed by atoms with Crippen LogP contribution in [0.5, 0.6) is 0 Å². The molecule has 0 unspecified atom stereocenters. The fraction of sp³-hybridized carbons (Fsp3) is 0.517. The zero-order valence-corrected chi connectivity index (χ0v) is 21.9. The summed E-state index contributed by atoms with van der Waals surface area (Å²) in [6.45, 7) is 7.92. The van der Waals surface area contributed by atoms with Crippen molar-refractivity contribution in [2.75, 3.05) is 37.5 Å². The first-order chi connectivity index (χ1) is 16.8. The monoisotopic (exact) mass is 479 g/mol. The molecule has 2 aromatic carbocycles. The summed E-state index contributed by atoms with van der Waals surface area (Å²) in [5, 5.41) is 3.03. The topological polar surface area (TPSA) is 61.9 Å². The SMILES string of the molecule is CC[C@H](C(=O)N(Cc1cc(NC(=O)CC(C)C)ccc1N(C)C)C[C@@H]1CCCO1)c1ccccc1. The van der Waals surface area contributed by atoms with Crippen molar-refractivity contribution in [3.8, 4) is 0 Å². The van der Waals surface area contributed by atoms with Crippen molar-refractivity contribution in [2.45, 2.75) is 65.0 Å². The summed E-state index contributed by atoms with van der Waals surface area (Å²) < 4.78 is 5.92. The van der Waals surface area contributed by atoms with Crippen LogP contribution in [0.1, 0.15) is 63.5 Å². The predicted octanol–water partition coefficient (Wildman–Crippen LogP) is 5.44. The van der Waals surface area contributed by atoms with Crippen molar-refractivity contribution in [3.05, 3.63) is 59.7 Å². The molecular formula is C29H41N3O3. The van der Waals surface area contributed by atoms with E-state index in [9.17, 15) is 9.59 Å². The third-order valence-electron chi connectivity index (χ3n) is 6.47. The van der Waals surface area contributed by atoms with Crippen LogP contribution in [-0.4, -0.2) is 50.1 Å². The van der Waals surface area contributed by atoms with E-state index in [1.165, 1.54) is 0 Å². The Balaban J connectivity index is 1.90. The van der Waals surface area contributed by atoms with Gasteiger partial charge in [-0.15, -0.1) is 0 Å². The summed E-state index contributed by atoms with van der Waals surface area (Å²) in [6.07, 6.45) is 3.27. The molecule has 2 atom stereocenters. The van der Waals surface area contributed by atoms with Crippen molar-refractivity contribution in [2.24, 2.45) is 5.92 Å². The highest BCUT2D eigenvalue weighted by Crippen LogP contribution is 2.29. The number of hydrogen-bond donors (Lipinski definition) is 1. The van der Waals surface area contributed by atoms with Gasteiger partial charge in [0.15, 0.2) is 0 Å². The Morgan fingerprint density at radius 2 is 1.86 bits per heavy atom. The van der Waals surface area contributed by atoms with Gasteiger partial charge in [-0.3, -0.25) is 9.59 Å². The van der Waals surface area contributed by atoms with Crippen molar-refractivity contribution in [3.63, 3.8) is 0 Å².